The molecule has 66 valence electrons. The molecule has 2 nitrogen and oxygen atoms in total. The van der Waals surface area contributed by atoms with E-state index >= 15 is 0 Å². The van der Waals surface area contributed by atoms with Gasteiger partial charge in [-0.05, 0) is 24.7 Å². The summed E-state index contributed by atoms with van der Waals surface area (Å²) in [4.78, 5) is 0. The van der Waals surface area contributed by atoms with E-state index in [0.29, 0.717) is 11.8 Å². The van der Waals surface area contributed by atoms with Gasteiger partial charge in [0, 0.05) is 6.04 Å². The Hall–Kier alpha value is -0.0800. The highest BCUT2D eigenvalue weighted by Crippen LogP contribution is 2.26. The highest BCUT2D eigenvalue weighted by atomic mass is 16.3. The molecule has 0 aromatic rings. The molecule has 1 saturated carbocycles. The Bertz CT molecular complexity index is 127. The predicted molar refractivity (Wildman–Crippen MR) is 46.2 cm³/mol. The molecule has 0 aromatic carbocycles. The number of nitrogens with two attached hydrogens (primary N) is 1. The van der Waals surface area contributed by atoms with Gasteiger partial charge in [0.15, 0.2) is 0 Å². The van der Waals surface area contributed by atoms with Crippen molar-refractivity contribution in [3.05, 3.63) is 0 Å². The van der Waals surface area contributed by atoms with E-state index in [4.69, 9.17) is 5.73 Å². The molecular formula is C9H19NO. The lowest BCUT2D eigenvalue weighted by Crippen LogP contribution is -2.38. The maximum absolute atomic E-state index is 9.62. The first kappa shape index (κ1) is 9.01. The first-order valence-electron chi connectivity index (χ1n) is 4.55. The van der Waals surface area contributed by atoms with Crippen LogP contribution in [0.5, 0.6) is 0 Å². The first-order valence-corrected chi connectivity index (χ1v) is 4.55. The molecule has 1 rings (SSSR count). The summed E-state index contributed by atoms with van der Waals surface area (Å²) in [5.41, 5.74) is 5.81. The zero-order chi connectivity index (χ0) is 8.43. The van der Waals surface area contributed by atoms with E-state index in [2.05, 4.69) is 13.8 Å². The monoisotopic (exact) mass is 157 g/mol. The summed E-state index contributed by atoms with van der Waals surface area (Å²) in [5.74, 6) is 1.07. The number of hydrogen-bond acceptors (Lipinski definition) is 2. The normalized spacial score (nSPS) is 46.9. The van der Waals surface area contributed by atoms with Crippen LogP contribution in [0.1, 0.15) is 33.1 Å². The van der Waals surface area contributed by atoms with Crippen molar-refractivity contribution in [1.82, 2.24) is 0 Å². The van der Waals surface area contributed by atoms with Gasteiger partial charge in [-0.1, -0.05) is 20.3 Å². The van der Waals surface area contributed by atoms with Crippen LogP contribution >= 0.6 is 0 Å². The van der Waals surface area contributed by atoms with Crippen LogP contribution in [-0.4, -0.2) is 17.3 Å². The van der Waals surface area contributed by atoms with Gasteiger partial charge in [0.25, 0.3) is 0 Å². The minimum atomic E-state index is -0.278. The molecule has 2 heteroatoms. The Morgan fingerprint density at radius 2 is 1.91 bits per heavy atom. The van der Waals surface area contributed by atoms with Gasteiger partial charge in [0.1, 0.15) is 0 Å². The number of rotatable bonds is 0. The lowest BCUT2D eigenvalue weighted by Gasteiger charge is -2.20. The van der Waals surface area contributed by atoms with Crippen LogP contribution < -0.4 is 5.73 Å². The van der Waals surface area contributed by atoms with Gasteiger partial charge in [-0.25, -0.2) is 0 Å². The van der Waals surface area contributed by atoms with Crippen LogP contribution in [0, 0.1) is 11.8 Å². The zero-order valence-corrected chi connectivity index (χ0v) is 7.46. The van der Waals surface area contributed by atoms with Gasteiger partial charge in [-0.15, -0.1) is 0 Å². The zero-order valence-electron chi connectivity index (χ0n) is 7.46. The fourth-order valence-electron chi connectivity index (χ4n) is 1.86. The summed E-state index contributed by atoms with van der Waals surface area (Å²) < 4.78 is 0. The van der Waals surface area contributed by atoms with Crippen molar-refractivity contribution >= 4 is 0 Å². The highest BCUT2D eigenvalue weighted by molar-refractivity contribution is 4.82. The summed E-state index contributed by atoms with van der Waals surface area (Å²) in [6.07, 6.45) is 3.04. The maximum Gasteiger partial charge on any atom is 0.0716 e. The van der Waals surface area contributed by atoms with Crippen LogP contribution in [0.2, 0.25) is 0 Å². The fraction of sp³-hybridized carbons (Fsp3) is 1.00. The Balaban J connectivity index is 2.53. The largest absolute Gasteiger partial charge is 0.391 e. The van der Waals surface area contributed by atoms with Crippen LogP contribution in [0.4, 0.5) is 0 Å². The average molecular weight is 157 g/mol. The number of aliphatic hydroxyl groups excluding tert-OH is 1. The van der Waals surface area contributed by atoms with Crippen LogP contribution in [0.15, 0.2) is 0 Å². The molecule has 0 amide bonds. The van der Waals surface area contributed by atoms with Gasteiger partial charge in [0.05, 0.1) is 6.10 Å². The second-order valence-corrected chi connectivity index (χ2v) is 4.05. The van der Waals surface area contributed by atoms with E-state index in [1.54, 1.807) is 0 Å². The van der Waals surface area contributed by atoms with Crippen molar-refractivity contribution in [2.24, 2.45) is 17.6 Å². The van der Waals surface area contributed by atoms with Gasteiger partial charge in [-0.3, -0.25) is 0 Å². The third-order valence-electron chi connectivity index (χ3n) is 2.81. The van der Waals surface area contributed by atoms with E-state index in [1.165, 1.54) is 6.42 Å². The van der Waals surface area contributed by atoms with E-state index in [1.807, 2.05) is 0 Å². The molecular weight excluding hydrogens is 138 g/mol. The minimum Gasteiger partial charge on any atom is -0.391 e. The molecule has 0 heterocycles. The van der Waals surface area contributed by atoms with Crippen molar-refractivity contribution in [3.8, 4) is 0 Å². The third-order valence-corrected chi connectivity index (χ3v) is 2.81. The summed E-state index contributed by atoms with van der Waals surface area (Å²) in [6, 6.07) is 0.00231. The molecule has 0 spiro atoms. The molecule has 1 aliphatic rings. The van der Waals surface area contributed by atoms with Crippen LogP contribution in [-0.2, 0) is 0 Å². The quantitative estimate of drug-likeness (QED) is 0.518. The van der Waals surface area contributed by atoms with E-state index < -0.39 is 0 Å². The molecule has 0 radical (unpaired) electrons. The molecule has 11 heavy (non-hydrogen) atoms. The molecule has 0 aromatic heterocycles. The predicted octanol–water partition coefficient (Wildman–Crippen LogP) is 1.13. The first-order chi connectivity index (χ1) is 5.11. The molecule has 1 aliphatic carbocycles. The summed E-state index contributed by atoms with van der Waals surface area (Å²) >= 11 is 0. The van der Waals surface area contributed by atoms with E-state index in [0.717, 1.165) is 12.8 Å². The Labute approximate surface area is 68.8 Å². The molecule has 4 atom stereocenters. The fourth-order valence-corrected chi connectivity index (χ4v) is 1.86. The summed E-state index contributed by atoms with van der Waals surface area (Å²) in [6.45, 7) is 4.30. The Morgan fingerprint density at radius 1 is 1.27 bits per heavy atom. The molecule has 0 aliphatic heterocycles. The topological polar surface area (TPSA) is 46.2 Å². The van der Waals surface area contributed by atoms with Crippen molar-refractivity contribution in [2.45, 2.75) is 45.3 Å². The van der Waals surface area contributed by atoms with Crippen molar-refractivity contribution in [2.75, 3.05) is 0 Å². The van der Waals surface area contributed by atoms with E-state index in [9.17, 15) is 5.11 Å². The van der Waals surface area contributed by atoms with Crippen LogP contribution in [0.3, 0.4) is 0 Å². The smallest absolute Gasteiger partial charge is 0.0716 e. The van der Waals surface area contributed by atoms with Gasteiger partial charge < -0.3 is 10.8 Å². The highest BCUT2D eigenvalue weighted by Gasteiger charge is 2.26. The third kappa shape index (κ3) is 2.17. The van der Waals surface area contributed by atoms with Crippen molar-refractivity contribution in [3.63, 3.8) is 0 Å². The van der Waals surface area contributed by atoms with Crippen molar-refractivity contribution < 1.29 is 5.11 Å². The lowest BCUT2D eigenvalue weighted by atomic mass is 9.97. The summed E-state index contributed by atoms with van der Waals surface area (Å²) in [7, 11) is 0. The van der Waals surface area contributed by atoms with Gasteiger partial charge >= 0.3 is 0 Å². The Kier molecular flexibility index (Phi) is 2.90. The molecule has 0 saturated heterocycles. The lowest BCUT2D eigenvalue weighted by molar-refractivity contribution is 0.0915. The maximum atomic E-state index is 9.62. The average Bonchev–Trinajstić information content (AvgIpc) is 2.05. The number of hydrogen-bond donors (Lipinski definition) is 2. The van der Waals surface area contributed by atoms with Gasteiger partial charge in [0.2, 0.25) is 0 Å². The SMILES string of the molecule is CC1CCC(C)C(O)C(N)C1. The molecule has 0 bridgehead atoms. The summed E-state index contributed by atoms with van der Waals surface area (Å²) in [5, 5.41) is 9.62. The second kappa shape index (κ2) is 3.55. The van der Waals surface area contributed by atoms with Crippen molar-refractivity contribution in [1.29, 1.82) is 0 Å². The minimum absolute atomic E-state index is 0.00231. The van der Waals surface area contributed by atoms with E-state index in [-0.39, 0.29) is 12.1 Å². The van der Waals surface area contributed by atoms with Gasteiger partial charge in [-0.2, -0.15) is 0 Å². The molecule has 4 unspecified atom stereocenters. The standard InChI is InChI=1S/C9H19NO/c1-6-3-4-7(2)9(11)8(10)5-6/h6-9,11H,3-5,10H2,1-2H3. The van der Waals surface area contributed by atoms with Crippen LogP contribution in [0.25, 0.3) is 0 Å². The Morgan fingerprint density at radius 3 is 2.55 bits per heavy atom. The molecule has 3 N–H and O–H groups in total. The number of aliphatic hydroxyl groups is 1. The molecule has 1 fully saturated rings. The second-order valence-electron chi connectivity index (χ2n) is 4.05.